The molecule has 0 heterocycles. The topological polar surface area (TPSA) is 56.7 Å². The Bertz CT molecular complexity index is 488. The second-order valence-electron chi connectivity index (χ2n) is 4.79. The summed E-state index contributed by atoms with van der Waals surface area (Å²) in [6, 6.07) is 6.51. The van der Waals surface area contributed by atoms with Crippen molar-refractivity contribution in [3.05, 3.63) is 35.6 Å². The Hall–Kier alpha value is -2.11. The van der Waals surface area contributed by atoms with Crippen molar-refractivity contribution in [2.24, 2.45) is 4.99 Å². The number of nitrogens with one attached hydrogen (secondary N) is 2. The molecule has 0 atom stereocenters. The van der Waals surface area contributed by atoms with E-state index < -0.39 is 0 Å². The van der Waals surface area contributed by atoms with Crippen molar-refractivity contribution in [1.29, 1.82) is 0 Å². The van der Waals surface area contributed by atoms with Crippen molar-refractivity contribution in [3.8, 4) is 0 Å². The predicted octanol–water partition coefficient (Wildman–Crippen LogP) is 1.01. The van der Waals surface area contributed by atoms with Crippen LogP contribution in [0, 0.1) is 5.82 Å². The molecule has 0 spiro atoms. The second kappa shape index (κ2) is 8.94. The molecule has 1 rings (SSSR count). The lowest BCUT2D eigenvalue weighted by molar-refractivity contribution is -0.127. The minimum absolute atomic E-state index is 0.0580. The number of amides is 1. The molecule has 0 aliphatic rings. The van der Waals surface area contributed by atoms with Gasteiger partial charge in [0.25, 0.3) is 0 Å². The minimum atomic E-state index is -0.232. The Kier molecular flexibility index (Phi) is 7.21. The number of rotatable bonds is 6. The van der Waals surface area contributed by atoms with Crippen LogP contribution in [-0.2, 0) is 11.2 Å². The van der Waals surface area contributed by atoms with Crippen LogP contribution in [0.3, 0.4) is 0 Å². The lowest BCUT2D eigenvalue weighted by atomic mass is 10.1. The molecular formula is C15H23FN4O. The average molecular weight is 294 g/mol. The summed E-state index contributed by atoms with van der Waals surface area (Å²) in [5.41, 5.74) is 0.919. The molecular weight excluding hydrogens is 271 g/mol. The van der Waals surface area contributed by atoms with Gasteiger partial charge in [-0.25, -0.2) is 9.38 Å². The molecule has 1 aromatic rings. The summed E-state index contributed by atoms with van der Waals surface area (Å²) >= 11 is 0. The summed E-state index contributed by atoms with van der Waals surface area (Å²) < 4.78 is 13.1. The zero-order valence-corrected chi connectivity index (χ0v) is 12.8. The summed E-state index contributed by atoms with van der Waals surface area (Å²) in [5.74, 6) is 0.297. The van der Waals surface area contributed by atoms with E-state index in [0.717, 1.165) is 5.56 Å². The van der Waals surface area contributed by atoms with Crippen LogP contribution in [0.2, 0.25) is 0 Å². The third kappa shape index (κ3) is 6.74. The monoisotopic (exact) mass is 294 g/mol. The molecule has 116 valence electrons. The first-order chi connectivity index (χ1) is 10.0. The normalized spacial score (nSPS) is 11.1. The first kappa shape index (κ1) is 16.9. The Balaban J connectivity index is 2.47. The molecule has 1 amide bonds. The maximum atomic E-state index is 13.1. The van der Waals surface area contributed by atoms with E-state index in [1.807, 2.05) is 13.0 Å². The summed E-state index contributed by atoms with van der Waals surface area (Å²) in [6.07, 6.45) is 0.684. The Morgan fingerprint density at radius 2 is 2.10 bits per heavy atom. The van der Waals surface area contributed by atoms with Crippen molar-refractivity contribution in [2.45, 2.75) is 13.3 Å². The smallest absolute Gasteiger partial charge is 0.243 e. The van der Waals surface area contributed by atoms with E-state index in [4.69, 9.17) is 0 Å². The molecule has 1 aromatic carbocycles. The molecule has 0 unspecified atom stereocenters. The number of guanidine groups is 1. The predicted molar refractivity (Wildman–Crippen MR) is 82.8 cm³/mol. The van der Waals surface area contributed by atoms with Crippen LogP contribution < -0.4 is 10.6 Å². The highest BCUT2D eigenvalue weighted by Crippen LogP contribution is 2.03. The van der Waals surface area contributed by atoms with Crippen LogP contribution in [-0.4, -0.2) is 50.5 Å². The van der Waals surface area contributed by atoms with Crippen LogP contribution in [0.15, 0.2) is 29.3 Å². The highest BCUT2D eigenvalue weighted by atomic mass is 19.1. The SMILES string of the molecule is CCNC(=NCC(=O)N(C)C)NCCc1cccc(F)c1. The largest absolute Gasteiger partial charge is 0.357 e. The van der Waals surface area contributed by atoms with Gasteiger partial charge < -0.3 is 15.5 Å². The van der Waals surface area contributed by atoms with Gasteiger partial charge in [0.05, 0.1) is 0 Å². The van der Waals surface area contributed by atoms with Gasteiger partial charge in [0, 0.05) is 27.2 Å². The zero-order chi connectivity index (χ0) is 15.7. The molecule has 0 aliphatic carbocycles. The van der Waals surface area contributed by atoms with Crippen molar-refractivity contribution < 1.29 is 9.18 Å². The Morgan fingerprint density at radius 3 is 2.71 bits per heavy atom. The molecule has 0 saturated carbocycles. The Labute approximate surface area is 125 Å². The molecule has 0 saturated heterocycles. The minimum Gasteiger partial charge on any atom is -0.357 e. The van der Waals surface area contributed by atoms with Gasteiger partial charge in [-0.1, -0.05) is 12.1 Å². The molecule has 0 aromatic heterocycles. The first-order valence-corrected chi connectivity index (χ1v) is 6.99. The highest BCUT2D eigenvalue weighted by molar-refractivity contribution is 5.84. The van der Waals surface area contributed by atoms with Gasteiger partial charge in [-0.15, -0.1) is 0 Å². The van der Waals surface area contributed by atoms with Gasteiger partial charge in [-0.2, -0.15) is 0 Å². The third-order valence-corrected chi connectivity index (χ3v) is 2.81. The van der Waals surface area contributed by atoms with Crippen LogP contribution in [0.25, 0.3) is 0 Å². The maximum absolute atomic E-state index is 13.1. The molecule has 0 fully saturated rings. The van der Waals surface area contributed by atoms with Crippen LogP contribution in [0.5, 0.6) is 0 Å². The van der Waals surface area contributed by atoms with E-state index in [1.54, 1.807) is 20.2 Å². The van der Waals surface area contributed by atoms with Gasteiger partial charge in [-0.05, 0) is 31.0 Å². The molecule has 21 heavy (non-hydrogen) atoms. The van der Waals surface area contributed by atoms with Crippen molar-refractivity contribution >= 4 is 11.9 Å². The third-order valence-electron chi connectivity index (χ3n) is 2.81. The summed E-state index contributed by atoms with van der Waals surface area (Å²) in [5, 5.41) is 6.20. The van der Waals surface area contributed by atoms with Crippen molar-refractivity contribution in [1.82, 2.24) is 15.5 Å². The Morgan fingerprint density at radius 1 is 1.33 bits per heavy atom. The summed E-state index contributed by atoms with van der Waals surface area (Å²) in [7, 11) is 3.39. The molecule has 6 heteroatoms. The van der Waals surface area contributed by atoms with Crippen molar-refractivity contribution in [2.75, 3.05) is 33.7 Å². The van der Waals surface area contributed by atoms with Gasteiger partial charge in [-0.3, -0.25) is 4.79 Å². The molecule has 0 aliphatic heterocycles. The number of nitrogens with zero attached hydrogens (tertiary/aromatic N) is 2. The average Bonchev–Trinajstić information content (AvgIpc) is 2.44. The van der Waals surface area contributed by atoms with E-state index in [9.17, 15) is 9.18 Å². The van der Waals surface area contributed by atoms with Crippen molar-refractivity contribution in [3.63, 3.8) is 0 Å². The number of halogens is 1. The highest BCUT2D eigenvalue weighted by Gasteiger charge is 2.04. The molecule has 5 nitrogen and oxygen atoms in total. The number of hydrogen-bond donors (Lipinski definition) is 2. The fraction of sp³-hybridized carbons (Fsp3) is 0.467. The molecule has 0 bridgehead atoms. The quantitative estimate of drug-likeness (QED) is 0.608. The van der Waals surface area contributed by atoms with Gasteiger partial charge >= 0.3 is 0 Å². The number of aliphatic imine (C=N–C) groups is 1. The molecule has 2 N–H and O–H groups in total. The van der Waals surface area contributed by atoms with Crippen LogP contribution >= 0.6 is 0 Å². The lowest BCUT2D eigenvalue weighted by Gasteiger charge is -2.12. The van der Waals surface area contributed by atoms with E-state index in [1.165, 1.54) is 17.0 Å². The summed E-state index contributed by atoms with van der Waals surface area (Å²) in [4.78, 5) is 17.2. The number of carbonyl (C=O) groups excluding carboxylic acids is 1. The first-order valence-electron chi connectivity index (χ1n) is 6.99. The van der Waals surface area contributed by atoms with E-state index in [-0.39, 0.29) is 18.3 Å². The standard InChI is InChI=1S/C15H23FN4O/c1-4-17-15(19-11-14(21)20(2)3)18-9-8-12-6-5-7-13(16)10-12/h5-7,10H,4,8-9,11H2,1-3H3,(H2,17,18,19). The number of carbonyl (C=O) groups is 1. The fourth-order valence-electron chi connectivity index (χ4n) is 1.65. The van der Waals surface area contributed by atoms with E-state index in [0.29, 0.717) is 25.5 Å². The van der Waals surface area contributed by atoms with Gasteiger partial charge in [0.15, 0.2) is 5.96 Å². The zero-order valence-electron chi connectivity index (χ0n) is 12.8. The number of likely N-dealkylation sites (N-methyl/N-ethyl adjacent to an activating group) is 1. The number of hydrogen-bond acceptors (Lipinski definition) is 2. The van der Waals surface area contributed by atoms with E-state index in [2.05, 4.69) is 15.6 Å². The molecule has 0 radical (unpaired) electrons. The van der Waals surface area contributed by atoms with E-state index >= 15 is 0 Å². The van der Waals surface area contributed by atoms with Gasteiger partial charge in [0.2, 0.25) is 5.91 Å². The lowest BCUT2D eigenvalue weighted by Crippen LogP contribution is -2.39. The fourth-order valence-corrected chi connectivity index (χ4v) is 1.65. The second-order valence-corrected chi connectivity index (χ2v) is 4.79. The van der Waals surface area contributed by atoms with Gasteiger partial charge in [0.1, 0.15) is 12.4 Å². The number of benzene rings is 1. The summed E-state index contributed by atoms with van der Waals surface area (Å²) in [6.45, 7) is 3.38. The maximum Gasteiger partial charge on any atom is 0.243 e. The van der Waals surface area contributed by atoms with Crippen LogP contribution in [0.1, 0.15) is 12.5 Å². The van der Waals surface area contributed by atoms with Crippen LogP contribution in [0.4, 0.5) is 4.39 Å².